The van der Waals surface area contributed by atoms with Gasteiger partial charge in [-0.15, -0.1) is 0 Å². The number of aryl methyl sites for hydroxylation is 1. The van der Waals surface area contributed by atoms with Crippen molar-refractivity contribution in [2.45, 2.75) is 60.5 Å². The van der Waals surface area contributed by atoms with Crippen LogP contribution in [0.15, 0.2) is 53.4 Å². The van der Waals surface area contributed by atoms with E-state index in [9.17, 15) is 18.3 Å². The zero-order valence-electron chi connectivity index (χ0n) is 18.0. The number of halogens is 1. The summed E-state index contributed by atoms with van der Waals surface area (Å²) in [5.41, 5.74) is 1.49. The minimum Gasteiger partial charge on any atom is -0.481 e. The average Bonchev–Trinajstić information content (AvgIpc) is 3.27. The van der Waals surface area contributed by atoms with Crippen LogP contribution in [0.25, 0.3) is 0 Å². The third-order valence-corrected chi connectivity index (χ3v) is 10.6. The highest BCUT2D eigenvalue weighted by Crippen LogP contribution is 2.45. The van der Waals surface area contributed by atoms with Crippen LogP contribution in [0.4, 0.5) is 0 Å². The van der Waals surface area contributed by atoms with Crippen LogP contribution in [0, 0.1) is 12.8 Å². The van der Waals surface area contributed by atoms with E-state index < -0.39 is 28.0 Å². The molecule has 0 aromatic heterocycles. The van der Waals surface area contributed by atoms with E-state index in [1.807, 2.05) is 12.1 Å². The van der Waals surface area contributed by atoms with E-state index >= 15 is 0 Å². The van der Waals surface area contributed by atoms with E-state index in [2.05, 4.69) is 0 Å². The first-order valence-electron chi connectivity index (χ1n) is 11.0. The molecule has 32 heavy (non-hydrogen) atoms. The van der Waals surface area contributed by atoms with Crippen molar-refractivity contribution in [2.75, 3.05) is 6.54 Å². The van der Waals surface area contributed by atoms with Crippen molar-refractivity contribution in [1.82, 2.24) is 4.31 Å². The van der Waals surface area contributed by atoms with Gasteiger partial charge < -0.3 is 5.11 Å². The molecule has 1 aliphatic heterocycles. The fraction of sp³-hybridized carbons (Fsp3) is 0.458. The number of sulfonamides is 1. The Morgan fingerprint density at radius 3 is 2.38 bits per heavy atom. The number of hydrogen-bond acceptors (Lipinski definition) is 4. The van der Waals surface area contributed by atoms with Crippen molar-refractivity contribution in [2.24, 2.45) is 5.92 Å². The van der Waals surface area contributed by atoms with Gasteiger partial charge in [0.25, 0.3) is 0 Å². The lowest BCUT2D eigenvalue weighted by molar-refractivity contribution is -0.143. The van der Waals surface area contributed by atoms with Gasteiger partial charge in [-0.05, 0) is 55.5 Å². The number of aliphatic carboxylic acids is 1. The third kappa shape index (κ3) is 4.86. The first kappa shape index (κ1) is 23.6. The quantitative estimate of drug-likeness (QED) is 0.572. The summed E-state index contributed by atoms with van der Waals surface area (Å²) in [7, 11) is -3.89. The third-order valence-electron chi connectivity index (χ3n) is 6.55. The van der Waals surface area contributed by atoms with Crippen LogP contribution in [0.1, 0.15) is 49.3 Å². The molecule has 1 saturated carbocycles. The molecular weight excluding hydrogens is 466 g/mol. The van der Waals surface area contributed by atoms with Crippen molar-refractivity contribution >= 4 is 39.4 Å². The summed E-state index contributed by atoms with van der Waals surface area (Å²) < 4.78 is 29.0. The van der Waals surface area contributed by atoms with Gasteiger partial charge in [0, 0.05) is 22.1 Å². The number of hydrogen-bond donors (Lipinski definition) is 1. The summed E-state index contributed by atoms with van der Waals surface area (Å²) in [6, 6.07) is 13.7. The molecule has 2 fully saturated rings. The number of carbonyl (C=O) groups is 1. The predicted molar refractivity (Wildman–Crippen MR) is 129 cm³/mol. The summed E-state index contributed by atoms with van der Waals surface area (Å²) in [4.78, 5) is 12.5. The van der Waals surface area contributed by atoms with Crippen LogP contribution in [-0.4, -0.2) is 40.8 Å². The molecule has 0 spiro atoms. The molecule has 2 aromatic carbocycles. The zero-order valence-corrected chi connectivity index (χ0v) is 20.4. The van der Waals surface area contributed by atoms with Gasteiger partial charge in [-0.3, -0.25) is 4.79 Å². The first-order valence-corrected chi connectivity index (χ1v) is 13.7. The molecule has 172 valence electrons. The molecule has 0 bridgehead atoms. The second-order valence-corrected chi connectivity index (χ2v) is 12.5. The Morgan fingerprint density at radius 1 is 1.09 bits per heavy atom. The summed E-state index contributed by atoms with van der Waals surface area (Å²) in [6.07, 6.45) is 5.02. The van der Waals surface area contributed by atoms with Crippen molar-refractivity contribution in [3.63, 3.8) is 0 Å². The molecule has 1 saturated heterocycles. The molecule has 2 aliphatic rings. The van der Waals surface area contributed by atoms with Gasteiger partial charge in [-0.25, -0.2) is 8.42 Å². The van der Waals surface area contributed by atoms with Gasteiger partial charge in [0.2, 0.25) is 10.0 Å². The minimum atomic E-state index is -3.89. The lowest BCUT2D eigenvalue weighted by Gasteiger charge is -2.42. The largest absolute Gasteiger partial charge is 0.481 e. The monoisotopic (exact) mass is 493 g/mol. The maximum absolute atomic E-state index is 13.8. The Morgan fingerprint density at radius 2 is 1.75 bits per heavy atom. The normalized spacial score (nSPS) is 25.1. The molecule has 0 amide bonds. The van der Waals surface area contributed by atoms with Crippen LogP contribution < -0.4 is 0 Å². The van der Waals surface area contributed by atoms with Gasteiger partial charge in [0.15, 0.2) is 0 Å². The Hall–Kier alpha value is -1.54. The fourth-order valence-electron chi connectivity index (χ4n) is 4.82. The number of thioether (sulfide) groups is 1. The Balaban J connectivity index is 1.74. The van der Waals surface area contributed by atoms with Crippen LogP contribution in [0.5, 0.6) is 0 Å². The minimum absolute atomic E-state index is 0.0380. The topological polar surface area (TPSA) is 74.7 Å². The van der Waals surface area contributed by atoms with E-state index in [-0.39, 0.29) is 16.7 Å². The fourth-order valence-corrected chi connectivity index (χ4v) is 8.61. The van der Waals surface area contributed by atoms with Crippen LogP contribution >= 0.6 is 23.4 Å². The Bertz CT molecular complexity index is 1070. The van der Waals surface area contributed by atoms with Crippen molar-refractivity contribution in [3.8, 4) is 0 Å². The smallest absolute Gasteiger partial charge is 0.308 e. The lowest BCUT2D eigenvalue weighted by atomic mass is 9.90. The lowest BCUT2D eigenvalue weighted by Crippen LogP contribution is -2.49. The number of carboxylic acid groups (broad SMARTS) is 1. The number of nitrogens with zero attached hydrogens (tertiary/aromatic N) is 1. The van der Waals surface area contributed by atoms with Crippen molar-refractivity contribution in [3.05, 3.63) is 64.7 Å². The summed E-state index contributed by atoms with van der Waals surface area (Å²) >= 11 is 7.84. The maximum atomic E-state index is 13.8. The van der Waals surface area contributed by atoms with Crippen LogP contribution in [-0.2, 0) is 14.8 Å². The van der Waals surface area contributed by atoms with E-state index in [1.54, 1.807) is 55.1 Å². The van der Waals surface area contributed by atoms with E-state index in [1.165, 1.54) is 17.1 Å². The van der Waals surface area contributed by atoms with E-state index in [4.69, 9.17) is 11.6 Å². The molecule has 0 unspecified atom stereocenters. The van der Waals surface area contributed by atoms with E-state index in [0.717, 1.165) is 18.4 Å². The summed E-state index contributed by atoms with van der Waals surface area (Å²) in [6.45, 7) is 1.73. The van der Waals surface area contributed by atoms with E-state index in [0.29, 0.717) is 22.3 Å². The average molecular weight is 494 g/mol. The molecular formula is C24H28ClNO4S2. The van der Waals surface area contributed by atoms with Crippen molar-refractivity contribution < 1.29 is 18.3 Å². The number of benzene rings is 2. The molecule has 0 radical (unpaired) electrons. The van der Waals surface area contributed by atoms with Gasteiger partial charge in [-0.1, -0.05) is 54.8 Å². The number of rotatable bonds is 6. The molecule has 1 aliphatic carbocycles. The molecule has 1 heterocycles. The number of carboxylic acids is 1. The van der Waals surface area contributed by atoms with Gasteiger partial charge in [-0.2, -0.15) is 16.1 Å². The summed E-state index contributed by atoms with van der Waals surface area (Å²) in [5.74, 6) is -1.68. The summed E-state index contributed by atoms with van der Waals surface area (Å²) in [5, 5.41) is 10.9. The second kappa shape index (κ2) is 9.75. The highest BCUT2D eigenvalue weighted by Gasteiger charge is 2.46. The van der Waals surface area contributed by atoms with Gasteiger partial charge >= 0.3 is 5.97 Å². The number of piperidine rings is 1. The van der Waals surface area contributed by atoms with Gasteiger partial charge in [0.1, 0.15) is 0 Å². The van der Waals surface area contributed by atoms with Gasteiger partial charge in [0.05, 0.1) is 16.9 Å². The molecule has 2 aromatic rings. The highest BCUT2D eigenvalue weighted by atomic mass is 35.5. The van der Waals surface area contributed by atoms with Crippen LogP contribution in [0.3, 0.4) is 0 Å². The molecule has 1 N–H and O–H groups in total. The molecule has 8 heteroatoms. The molecule has 5 nitrogen and oxygen atoms in total. The molecule has 4 rings (SSSR count). The second-order valence-electron chi connectivity index (χ2n) is 8.67. The predicted octanol–water partition coefficient (Wildman–Crippen LogP) is 5.53. The highest BCUT2D eigenvalue weighted by molar-refractivity contribution is 8.00. The maximum Gasteiger partial charge on any atom is 0.308 e. The molecule has 3 atom stereocenters. The van der Waals surface area contributed by atoms with Crippen LogP contribution in [0.2, 0.25) is 5.02 Å². The zero-order chi connectivity index (χ0) is 22.9. The Kier molecular flexibility index (Phi) is 7.20. The first-order chi connectivity index (χ1) is 15.3. The Labute approximate surface area is 199 Å². The van der Waals surface area contributed by atoms with Crippen molar-refractivity contribution in [1.29, 1.82) is 0 Å². The SMILES string of the molecule is Cc1ccccc1S(=O)(=O)N1C[C@@H](C(=O)O)[C@H](SC2CCCC2)C[C@H]1c1ccc(Cl)cc1. The standard InChI is InChI=1S/C24H28ClNO4S2/c1-16-6-2-5-9-23(16)32(29,30)26-15-20(24(27)28)22(31-19-7-3-4-8-19)14-21(26)17-10-12-18(25)13-11-17/h2,5-6,9-13,19-22H,3-4,7-8,14-15H2,1H3,(H,27,28)/t20-,21+,22-/m1/s1.